The zero-order valence-electron chi connectivity index (χ0n) is 21.2. The summed E-state index contributed by atoms with van der Waals surface area (Å²) in [5, 5.41) is 11.1. The van der Waals surface area contributed by atoms with Gasteiger partial charge in [-0.05, 0) is 74.3 Å². The number of aldehydes is 1. The van der Waals surface area contributed by atoms with E-state index in [4.69, 9.17) is 30.9 Å². The Kier molecular flexibility index (Phi) is 10.1. The fourth-order valence-corrected chi connectivity index (χ4v) is 3.90. The molecule has 1 fully saturated rings. The van der Waals surface area contributed by atoms with Gasteiger partial charge in [0.2, 0.25) is 12.2 Å². The molecule has 204 valence electrons. The van der Waals surface area contributed by atoms with Gasteiger partial charge in [0.05, 0.1) is 14.2 Å². The van der Waals surface area contributed by atoms with E-state index in [0.29, 0.717) is 23.5 Å². The lowest BCUT2D eigenvalue weighted by molar-refractivity contribution is -0.156. The molecule has 4 rings (SSSR count). The zero-order chi connectivity index (χ0) is 27.7. The highest BCUT2D eigenvalue weighted by Gasteiger charge is 2.25. The molecule has 3 aromatic rings. The molecule has 0 amide bonds. The highest BCUT2D eigenvalue weighted by Crippen LogP contribution is 2.35. The number of halogens is 4. The van der Waals surface area contributed by atoms with E-state index in [1.54, 1.807) is 14.2 Å². The number of carbonyl (C=O) groups is 1. The Morgan fingerprint density at radius 2 is 1.76 bits per heavy atom. The van der Waals surface area contributed by atoms with Crippen molar-refractivity contribution in [2.75, 3.05) is 37.9 Å². The summed E-state index contributed by atoms with van der Waals surface area (Å²) < 4.78 is 42.1. The second-order valence-corrected chi connectivity index (χ2v) is 8.85. The molecule has 0 spiro atoms. The van der Waals surface area contributed by atoms with Gasteiger partial charge < -0.3 is 25.4 Å². The predicted molar refractivity (Wildman–Crippen MR) is 142 cm³/mol. The zero-order valence-corrected chi connectivity index (χ0v) is 21.9. The standard InChI is InChI=1S/C24H28ClN5O2.C2HF3O/c1-15-12-18(5-6-20(15)25)29-24-27-14-19(16-4-7-21(31-2)22(13-16)32-3)23(30-24)28-17-8-10-26-11-9-17;3-2(4,5)1-6/h4-7,12-14,17,26H,8-11H2,1-3H3,(H2,27,28,29,30);1H. The Labute approximate surface area is 223 Å². The average molecular weight is 552 g/mol. The SMILES string of the molecule is COc1ccc(-c2cnc(Nc3ccc(Cl)c(C)c3)nc2NC2CCNCC2)cc1OC.O=CC(F)(F)F. The van der Waals surface area contributed by atoms with Crippen molar-refractivity contribution in [2.45, 2.75) is 32.0 Å². The van der Waals surface area contributed by atoms with Crippen molar-refractivity contribution in [3.63, 3.8) is 0 Å². The van der Waals surface area contributed by atoms with Crippen LogP contribution in [0.25, 0.3) is 11.1 Å². The summed E-state index contributed by atoms with van der Waals surface area (Å²) in [5.74, 6) is 2.65. The number of benzene rings is 2. The lowest BCUT2D eigenvalue weighted by atomic mass is 10.0. The molecule has 1 aliphatic heterocycles. The second-order valence-electron chi connectivity index (χ2n) is 8.44. The number of rotatable bonds is 7. The minimum absolute atomic E-state index is 0.343. The lowest BCUT2D eigenvalue weighted by Gasteiger charge is -2.25. The topological polar surface area (TPSA) is 97.4 Å². The van der Waals surface area contributed by atoms with Crippen LogP contribution in [0.1, 0.15) is 18.4 Å². The third kappa shape index (κ3) is 8.22. The normalized spacial score (nSPS) is 13.7. The minimum atomic E-state index is -4.64. The van der Waals surface area contributed by atoms with Crippen molar-refractivity contribution in [3.8, 4) is 22.6 Å². The van der Waals surface area contributed by atoms with Crippen LogP contribution in [0.5, 0.6) is 11.5 Å². The summed E-state index contributed by atoms with van der Waals surface area (Å²) in [5.41, 5.74) is 3.74. The first kappa shape index (κ1) is 29.0. The molecular formula is C26H29ClF3N5O3. The fraction of sp³-hybridized carbons (Fsp3) is 0.346. The van der Waals surface area contributed by atoms with E-state index >= 15 is 0 Å². The average Bonchev–Trinajstić information content (AvgIpc) is 2.91. The number of ether oxygens (including phenoxy) is 2. The van der Waals surface area contributed by atoms with E-state index in [-0.39, 0.29) is 0 Å². The molecule has 1 aromatic heterocycles. The number of hydrogen-bond donors (Lipinski definition) is 3. The van der Waals surface area contributed by atoms with Crippen LogP contribution in [0.2, 0.25) is 5.02 Å². The predicted octanol–water partition coefficient (Wildman–Crippen LogP) is 5.78. The molecule has 1 saturated heterocycles. The summed E-state index contributed by atoms with van der Waals surface area (Å²) in [6, 6.07) is 11.9. The van der Waals surface area contributed by atoms with Crippen LogP contribution in [0, 0.1) is 6.92 Å². The van der Waals surface area contributed by atoms with Crippen molar-refractivity contribution in [3.05, 3.63) is 53.2 Å². The number of methoxy groups -OCH3 is 2. The molecule has 0 saturated carbocycles. The number of hydrogen-bond acceptors (Lipinski definition) is 8. The number of nitrogens with one attached hydrogen (secondary N) is 3. The van der Waals surface area contributed by atoms with Crippen molar-refractivity contribution >= 4 is 35.3 Å². The summed E-state index contributed by atoms with van der Waals surface area (Å²) in [7, 11) is 3.26. The lowest BCUT2D eigenvalue weighted by Crippen LogP contribution is -2.35. The molecule has 8 nitrogen and oxygen atoms in total. The fourth-order valence-electron chi connectivity index (χ4n) is 3.78. The minimum Gasteiger partial charge on any atom is -0.493 e. The first-order valence-corrected chi connectivity index (χ1v) is 12.1. The van der Waals surface area contributed by atoms with Crippen molar-refractivity contribution in [1.29, 1.82) is 0 Å². The van der Waals surface area contributed by atoms with E-state index < -0.39 is 12.5 Å². The molecule has 0 unspecified atom stereocenters. The van der Waals surface area contributed by atoms with Crippen LogP contribution in [-0.2, 0) is 4.79 Å². The van der Waals surface area contributed by atoms with E-state index in [1.807, 2.05) is 49.5 Å². The molecule has 2 aromatic carbocycles. The molecule has 2 heterocycles. The largest absolute Gasteiger partial charge is 0.493 e. The molecule has 3 N–H and O–H groups in total. The van der Waals surface area contributed by atoms with Crippen LogP contribution in [-0.4, -0.2) is 55.8 Å². The van der Waals surface area contributed by atoms with Crippen LogP contribution in [0.4, 0.5) is 30.6 Å². The van der Waals surface area contributed by atoms with Crippen molar-refractivity contribution in [1.82, 2.24) is 15.3 Å². The number of nitrogens with zero attached hydrogens (tertiary/aromatic N) is 2. The highest BCUT2D eigenvalue weighted by molar-refractivity contribution is 6.31. The molecule has 0 bridgehead atoms. The molecule has 1 aliphatic rings. The van der Waals surface area contributed by atoms with E-state index in [0.717, 1.165) is 59.1 Å². The maximum atomic E-state index is 10.4. The van der Waals surface area contributed by atoms with Crippen LogP contribution in [0.15, 0.2) is 42.6 Å². The molecular weight excluding hydrogens is 523 g/mol. The van der Waals surface area contributed by atoms with Gasteiger partial charge in [-0.3, -0.25) is 4.79 Å². The van der Waals surface area contributed by atoms with E-state index in [2.05, 4.69) is 20.9 Å². The van der Waals surface area contributed by atoms with Gasteiger partial charge in [-0.1, -0.05) is 17.7 Å². The monoisotopic (exact) mass is 551 g/mol. The summed E-state index contributed by atoms with van der Waals surface area (Å²) in [6.45, 7) is 3.95. The van der Waals surface area contributed by atoms with Gasteiger partial charge in [-0.25, -0.2) is 4.98 Å². The van der Waals surface area contributed by atoms with Gasteiger partial charge >= 0.3 is 6.18 Å². The summed E-state index contributed by atoms with van der Waals surface area (Å²) in [4.78, 5) is 18.1. The van der Waals surface area contributed by atoms with E-state index in [1.165, 1.54) is 0 Å². The first-order chi connectivity index (χ1) is 18.1. The van der Waals surface area contributed by atoms with Gasteiger partial charge in [0.15, 0.2) is 11.5 Å². The Hall–Kier alpha value is -3.57. The first-order valence-electron chi connectivity index (χ1n) is 11.8. The summed E-state index contributed by atoms with van der Waals surface area (Å²) in [6.07, 6.45) is -1.79. The Morgan fingerprint density at radius 1 is 1.08 bits per heavy atom. The Bertz CT molecular complexity index is 1240. The number of piperidine rings is 1. The second kappa shape index (κ2) is 13.3. The Morgan fingerprint density at radius 3 is 2.37 bits per heavy atom. The van der Waals surface area contributed by atoms with Gasteiger partial charge in [0, 0.05) is 28.5 Å². The van der Waals surface area contributed by atoms with Gasteiger partial charge in [0.1, 0.15) is 5.82 Å². The number of anilines is 3. The molecule has 0 atom stereocenters. The van der Waals surface area contributed by atoms with Crippen LogP contribution in [0.3, 0.4) is 0 Å². The maximum Gasteiger partial charge on any atom is 0.446 e. The number of alkyl halides is 3. The van der Waals surface area contributed by atoms with Gasteiger partial charge in [-0.2, -0.15) is 18.2 Å². The molecule has 0 radical (unpaired) electrons. The number of aromatic nitrogens is 2. The molecule has 38 heavy (non-hydrogen) atoms. The highest BCUT2D eigenvalue weighted by atomic mass is 35.5. The van der Waals surface area contributed by atoms with Gasteiger partial charge in [-0.15, -0.1) is 0 Å². The van der Waals surface area contributed by atoms with Gasteiger partial charge in [0.25, 0.3) is 0 Å². The van der Waals surface area contributed by atoms with Crippen LogP contribution >= 0.6 is 11.6 Å². The van der Waals surface area contributed by atoms with E-state index in [9.17, 15) is 13.2 Å². The number of carbonyl (C=O) groups excluding carboxylic acids is 1. The third-order valence-corrected chi connectivity index (χ3v) is 6.14. The maximum absolute atomic E-state index is 10.4. The molecule has 0 aliphatic carbocycles. The quantitative estimate of drug-likeness (QED) is 0.318. The summed E-state index contributed by atoms with van der Waals surface area (Å²) >= 11 is 6.16. The van der Waals surface area contributed by atoms with Crippen molar-refractivity contribution in [2.24, 2.45) is 0 Å². The number of aryl methyl sites for hydroxylation is 1. The van der Waals surface area contributed by atoms with Crippen LogP contribution < -0.4 is 25.4 Å². The third-order valence-electron chi connectivity index (χ3n) is 5.71. The van der Waals surface area contributed by atoms with Crippen molar-refractivity contribution < 1.29 is 27.4 Å². The molecule has 12 heteroatoms. The smallest absolute Gasteiger partial charge is 0.446 e. The Balaban J connectivity index is 0.000000599.